The standard InChI is InChI=1S/C15H16N2O2/c1-9-7-8-11(10(2)18)14(17-9)12-5-3-4-6-13(12)15(16)19/h3-8,10,18H,1-2H3,(H2,16,19). The second-order valence-corrected chi connectivity index (χ2v) is 4.48. The Hall–Kier alpha value is -2.20. The topological polar surface area (TPSA) is 76.2 Å². The number of hydrogen-bond donors (Lipinski definition) is 2. The third kappa shape index (κ3) is 2.63. The number of primary amides is 1. The molecular formula is C15H16N2O2. The Morgan fingerprint density at radius 3 is 2.58 bits per heavy atom. The van der Waals surface area contributed by atoms with Crippen molar-refractivity contribution in [3.63, 3.8) is 0 Å². The molecule has 1 heterocycles. The first-order valence-corrected chi connectivity index (χ1v) is 6.05. The maximum atomic E-state index is 11.5. The Kier molecular flexibility index (Phi) is 3.62. The summed E-state index contributed by atoms with van der Waals surface area (Å²) in [5.74, 6) is -0.504. The third-order valence-corrected chi connectivity index (χ3v) is 2.96. The summed E-state index contributed by atoms with van der Waals surface area (Å²) in [6.45, 7) is 3.53. The summed E-state index contributed by atoms with van der Waals surface area (Å²) in [7, 11) is 0. The van der Waals surface area contributed by atoms with Crippen LogP contribution in [0.5, 0.6) is 0 Å². The molecule has 4 nitrogen and oxygen atoms in total. The molecule has 1 atom stereocenters. The van der Waals surface area contributed by atoms with Gasteiger partial charge < -0.3 is 10.8 Å². The highest BCUT2D eigenvalue weighted by atomic mass is 16.3. The molecule has 0 spiro atoms. The van der Waals surface area contributed by atoms with Crippen molar-refractivity contribution in [2.45, 2.75) is 20.0 Å². The quantitative estimate of drug-likeness (QED) is 0.884. The van der Waals surface area contributed by atoms with Gasteiger partial charge in [-0.25, -0.2) is 0 Å². The number of nitrogens with zero attached hydrogens (tertiary/aromatic N) is 1. The van der Waals surface area contributed by atoms with Crippen LogP contribution in [-0.2, 0) is 0 Å². The van der Waals surface area contributed by atoms with Crippen molar-refractivity contribution >= 4 is 5.91 Å². The summed E-state index contributed by atoms with van der Waals surface area (Å²) in [4.78, 5) is 15.9. The molecule has 2 aromatic rings. The molecule has 0 aliphatic rings. The van der Waals surface area contributed by atoms with Gasteiger partial charge in [0.1, 0.15) is 0 Å². The van der Waals surface area contributed by atoms with Crippen LogP contribution in [0.3, 0.4) is 0 Å². The van der Waals surface area contributed by atoms with Crippen molar-refractivity contribution in [1.29, 1.82) is 0 Å². The number of benzene rings is 1. The maximum absolute atomic E-state index is 11.5. The number of aromatic nitrogens is 1. The maximum Gasteiger partial charge on any atom is 0.249 e. The van der Waals surface area contributed by atoms with Gasteiger partial charge in [0.25, 0.3) is 0 Å². The molecule has 1 aromatic carbocycles. The van der Waals surface area contributed by atoms with Gasteiger partial charge >= 0.3 is 0 Å². The molecule has 1 aromatic heterocycles. The largest absolute Gasteiger partial charge is 0.389 e. The van der Waals surface area contributed by atoms with E-state index in [2.05, 4.69) is 4.98 Å². The number of aliphatic hydroxyl groups excluding tert-OH is 1. The van der Waals surface area contributed by atoms with Crippen LogP contribution in [0.1, 0.15) is 34.6 Å². The van der Waals surface area contributed by atoms with Crippen LogP contribution in [0.15, 0.2) is 36.4 Å². The van der Waals surface area contributed by atoms with Gasteiger partial charge in [0, 0.05) is 22.4 Å². The Bertz CT molecular complexity index is 621. The van der Waals surface area contributed by atoms with Crippen molar-refractivity contribution in [3.05, 3.63) is 53.2 Å². The lowest BCUT2D eigenvalue weighted by Crippen LogP contribution is -2.13. The molecule has 0 saturated heterocycles. The van der Waals surface area contributed by atoms with Crippen molar-refractivity contribution in [2.75, 3.05) is 0 Å². The molecule has 0 aliphatic heterocycles. The van der Waals surface area contributed by atoms with E-state index in [9.17, 15) is 9.90 Å². The fourth-order valence-corrected chi connectivity index (χ4v) is 2.02. The minimum absolute atomic E-state index is 0.405. The Labute approximate surface area is 111 Å². The van der Waals surface area contributed by atoms with Gasteiger partial charge in [-0.05, 0) is 26.0 Å². The number of amides is 1. The minimum atomic E-state index is -0.663. The van der Waals surface area contributed by atoms with Gasteiger partial charge in [-0.15, -0.1) is 0 Å². The number of carbonyl (C=O) groups is 1. The number of hydrogen-bond acceptors (Lipinski definition) is 3. The minimum Gasteiger partial charge on any atom is -0.389 e. The lowest BCUT2D eigenvalue weighted by molar-refractivity contribution is 0.100. The first-order valence-electron chi connectivity index (χ1n) is 6.05. The zero-order chi connectivity index (χ0) is 14.0. The normalized spacial score (nSPS) is 12.2. The van der Waals surface area contributed by atoms with Gasteiger partial charge in [-0.1, -0.05) is 24.3 Å². The summed E-state index contributed by atoms with van der Waals surface area (Å²) in [6, 6.07) is 10.7. The number of aliphatic hydroxyl groups is 1. The third-order valence-electron chi connectivity index (χ3n) is 2.96. The molecule has 2 rings (SSSR count). The van der Waals surface area contributed by atoms with Crippen LogP contribution < -0.4 is 5.73 Å². The Balaban J connectivity index is 2.71. The second-order valence-electron chi connectivity index (χ2n) is 4.48. The van der Waals surface area contributed by atoms with Gasteiger partial charge in [-0.3, -0.25) is 9.78 Å². The van der Waals surface area contributed by atoms with E-state index in [-0.39, 0.29) is 0 Å². The highest BCUT2D eigenvalue weighted by Gasteiger charge is 2.16. The van der Waals surface area contributed by atoms with E-state index in [1.807, 2.05) is 25.1 Å². The van der Waals surface area contributed by atoms with E-state index in [1.165, 1.54) is 0 Å². The lowest BCUT2D eigenvalue weighted by atomic mass is 9.97. The number of nitrogens with two attached hydrogens (primary N) is 1. The number of aryl methyl sites for hydroxylation is 1. The van der Waals surface area contributed by atoms with E-state index in [0.29, 0.717) is 22.4 Å². The zero-order valence-electron chi connectivity index (χ0n) is 10.9. The average Bonchev–Trinajstić information content (AvgIpc) is 2.38. The molecule has 0 bridgehead atoms. The summed E-state index contributed by atoms with van der Waals surface area (Å²) in [5, 5.41) is 9.83. The Morgan fingerprint density at radius 2 is 1.95 bits per heavy atom. The first kappa shape index (κ1) is 13.2. The van der Waals surface area contributed by atoms with E-state index >= 15 is 0 Å². The molecule has 98 valence electrons. The van der Waals surface area contributed by atoms with E-state index in [1.54, 1.807) is 25.1 Å². The van der Waals surface area contributed by atoms with Crippen LogP contribution >= 0.6 is 0 Å². The van der Waals surface area contributed by atoms with Crippen LogP contribution in [0, 0.1) is 6.92 Å². The molecule has 0 fully saturated rings. The van der Waals surface area contributed by atoms with Crippen LogP contribution in [-0.4, -0.2) is 16.0 Å². The van der Waals surface area contributed by atoms with Crippen LogP contribution in [0.2, 0.25) is 0 Å². The van der Waals surface area contributed by atoms with Gasteiger partial charge in [0.15, 0.2) is 0 Å². The molecule has 0 aliphatic carbocycles. The van der Waals surface area contributed by atoms with E-state index in [0.717, 1.165) is 5.69 Å². The summed E-state index contributed by atoms with van der Waals surface area (Å²) in [6.07, 6.45) is -0.663. The SMILES string of the molecule is Cc1ccc(C(C)O)c(-c2ccccc2C(N)=O)n1. The van der Waals surface area contributed by atoms with Gasteiger partial charge in [0.05, 0.1) is 11.8 Å². The van der Waals surface area contributed by atoms with Gasteiger partial charge in [0.2, 0.25) is 5.91 Å². The number of rotatable bonds is 3. The number of pyridine rings is 1. The predicted octanol–water partition coefficient (Wildman–Crippen LogP) is 2.21. The molecule has 3 N–H and O–H groups in total. The zero-order valence-corrected chi connectivity index (χ0v) is 10.9. The predicted molar refractivity (Wildman–Crippen MR) is 73.6 cm³/mol. The average molecular weight is 256 g/mol. The smallest absolute Gasteiger partial charge is 0.249 e. The van der Waals surface area contributed by atoms with Crippen LogP contribution in [0.4, 0.5) is 0 Å². The van der Waals surface area contributed by atoms with Gasteiger partial charge in [-0.2, -0.15) is 0 Å². The van der Waals surface area contributed by atoms with Crippen molar-refractivity contribution < 1.29 is 9.90 Å². The second kappa shape index (κ2) is 5.20. The first-order chi connectivity index (χ1) is 9.00. The number of carbonyl (C=O) groups excluding carboxylic acids is 1. The van der Waals surface area contributed by atoms with Crippen molar-refractivity contribution in [2.24, 2.45) is 5.73 Å². The summed E-state index contributed by atoms with van der Waals surface area (Å²) < 4.78 is 0. The fraction of sp³-hybridized carbons (Fsp3) is 0.200. The lowest BCUT2D eigenvalue weighted by Gasteiger charge is -2.14. The summed E-state index contributed by atoms with van der Waals surface area (Å²) >= 11 is 0. The van der Waals surface area contributed by atoms with E-state index < -0.39 is 12.0 Å². The molecule has 1 unspecified atom stereocenters. The van der Waals surface area contributed by atoms with Crippen molar-refractivity contribution in [1.82, 2.24) is 4.98 Å². The van der Waals surface area contributed by atoms with E-state index in [4.69, 9.17) is 5.73 Å². The fourth-order valence-electron chi connectivity index (χ4n) is 2.02. The highest BCUT2D eigenvalue weighted by molar-refractivity contribution is 5.99. The highest BCUT2D eigenvalue weighted by Crippen LogP contribution is 2.29. The monoisotopic (exact) mass is 256 g/mol. The molecular weight excluding hydrogens is 240 g/mol. The van der Waals surface area contributed by atoms with Crippen LogP contribution in [0.25, 0.3) is 11.3 Å². The molecule has 0 radical (unpaired) electrons. The molecule has 0 saturated carbocycles. The summed E-state index contributed by atoms with van der Waals surface area (Å²) in [5.41, 5.74) is 8.54. The molecule has 19 heavy (non-hydrogen) atoms. The molecule has 4 heteroatoms. The Morgan fingerprint density at radius 1 is 1.26 bits per heavy atom. The molecule has 1 amide bonds. The van der Waals surface area contributed by atoms with Crippen molar-refractivity contribution in [3.8, 4) is 11.3 Å².